The Morgan fingerprint density at radius 1 is 1.04 bits per heavy atom. The molecule has 0 saturated heterocycles. The highest BCUT2D eigenvalue weighted by atomic mass is 32.2. The van der Waals surface area contributed by atoms with Crippen LogP contribution in [0.25, 0.3) is 16.5 Å². The van der Waals surface area contributed by atoms with Crippen LogP contribution in [0.3, 0.4) is 0 Å². The fraction of sp³-hybridized carbons (Fsp3) is 0.105. The molecule has 0 amide bonds. The van der Waals surface area contributed by atoms with E-state index in [0.29, 0.717) is 0 Å². The maximum atomic E-state index is 4.78. The van der Waals surface area contributed by atoms with Gasteiger partial charge in [0.1, 0.15) is 6.04 Å². The van der Waals surface area contributed by atoms with Crippen LogP contribution in [0.15, 0.2) is 71.0 Å². The first-order valence-corrected chi connectivity index (χ1v) is 9.57. The van der Waals surface area contributed by atoms with Gasteiger partial charge >= 0.3 is 0 Å². The van der Waals surface area contributed by atoms with Crippen molar-refractivity contribution in [3.05, 3.63) is 76.5 Å². The zero-order valence-corrected chi connectivity index (χ0v) is 14.3. The maximum Gasteiger partial charge on any atom is 0.161 e. The standard InChI is InChI=1S/C19H16N2S2/c1-22-19-20-16(12-17(21-19)18-7-4-10-23-18)15-9-8-13-5-2-3-6-14(13)11-15/h2-12,17H,1H3,(H,20,21). The molecule has 0 bridgehead atoms. The monoisotopic (exact) mass is 336 g/mol. The van der Waals surface area contributed by atoms with Gasteiger partial charge in [-0.15, -0.1) is 11.3 Å². The summed E-state index contributed by atoms with van der Waals surface area (Å²) in [5.41, 5.74) is 2.33. The first-order valence-electron chi connectivity index (χ1n) is 7.47. The van der Waals surface area contributed by atoms with Crippen LogP contribution in [0.1, 0.15) is 16.5 Å². The summed E-state index contributed by atoms with van der Waals surface area (Å²) >= 11 is 3.40. The third kappa shape index (κ3) is 2.92. The van der Waals surface area contributed by atoms with Gasteiger partial charge in [-0.1, -0.05) is 54.2 Å². The molecule has 4 heteroatoms. The van der Waals surface area contributed by atoms with E-state index in [2.05, 4.69) is 77.6 Å². The number of thiophene rings is 1. The highest BCUT2D eigenvalue weighted by molar-refractivity contribution is 8.13. The molecule has 0 aliphatic carbocycles. The first-order chi connectivity index (χ1) is 11.3. The predicted molar refractivity (Wildman–Crippen MR) is 103 cm³/mol. The van der Waals surface area contributed by atoms with E-state index in [4.69, 9.17) is 4.99 Å². The minimum Gasteiger partial charge on any atom is -0.335 e. The molecule has 0 spiro atoms. The molecule has 0 saturated carbocycles. The summed E-state index contributed by atoms with van der Waals surface area (Å²) in [7, 11) is 0. The molecule has 1 atom stereocenters. The highest BCUT2D eigenvalue weighted by Crippen LogP contribution is 2.31. The van der Waals surface area contributed by atoms with E-state index < -0.39 is 0 Å². The molecule has 0 radical (unpaired) electrons. The first kappa shape index (κ1) is 14.5. The van der Waals surface area contributed by atoms with Gasteiger partial charge in [0.05, 0.1) is 0 Å². The topological polar surface area (TPSA) is 24.4 Å². The van der Waals surface area contributed by atoms with Gasteiger partial charge in [0, 0.05) is 10.6 Å². The van der Waals surface area contributed by atoms with Crippen LogP contribution in [0.2, 0.25) is 0 Å². The number of thioether (sulfide) groups is 1. The van der Waals surface area contributed by atoms with Crippen LogP contribution in [0, 0.1) is 0 Å². The summed E-state index contributed by atoms with van der Waals surface area (Å²) in [5.74, 6) is 0. The minimum atomic E-state index is 0.0974. The molecule has 2 aromatic carbocycles. The van der Waals surface area contributed by atoms with Crippen molar-refractivity contribution in [2.75, 3.05) is 6.26 Å². The van der Waals surface area contributed by atoms with Gasteiger partial charge in [0.2, 0.25) is 0 Å². The number of benzene rings is 2. The lowest BCUT2D eigenvalue weighted by Gasteiger charge is -2.21. The summed E-state index contributed by atoms with van der Waals surface area (Å²) < 4.78 is 0. The molecule has 1 aliphatic heterocycles. The minimum absolute atomic E-state index is 0.0974. The Hall–Kier alpha value is -2.04. The van der Waals surface area contributed by atoms with Crippen LogP contribution < -0.4 is 5.32 Å². The van der Waals surface area contributed by atoms with Crippen molar-refractivity contribution in [3.63, 3.8) is 0 Å². The number of rotatable bonds is 2. The number of aliphatic imine (C=N–C) groups is 1. The normalized spacial score (nSPS) is 17.5. The Labute approximate surface area is 144 Å². The van der Waals surface area contributed by atoms with Gasteiger partial charge in [-0.25, -0.2) is 4.99 Å². The van der Waals surface area contributed by atoms with Crippen LogP contribution in [0.4, 0.5) is 0 Å². The van der Waals surface area contributed by atoms with E-state index >= 15 is 0 Å². The molecule has 4 rings (SSSR count). The number of nitrogens with one attached hydrogen (secondary N) is 1. The summed E-state index contributed by atoms with van der Waals surface area (Å²) in [6.07, 6.45) is 4.27. The fourth-order valence-corrected chi connectivity index (χ4v) is 3.91. The lowest BCUT2D eigenvalue weighted by molar-refractivity contribution is 0.909. The van der Waals surface area contributed by atoms with Crippen molar-refractivity contribution >= 4 is 44.7 Å². The molecule has 2 heterocycles. The van der Waals surface area contributed by atoms with E-state index in [0.717, 1.165) is 10.9 Å². The number of amidine groups is 1. The van der Waals surface area contributed by atoms with Gasteiger partial charge in [-0.3, -0.25) is 0 Å². The number of hydrogen-bond donors (Lipinski definition) is 1. The Bertz CT molecular complexity index is 895. The molecule has 1 aromatic heterocycles. The fourth-order valence-electron chi connectivity index (χ4n) is 2.74. The summed E-state index contributed by atoms with van der Waals surface area (Å²) in [6.45, 7) is 0. The molecule has 1 unspecified atom stereocenters. The third-order valence-corrected chi connectivity index (χ3v) is 5.45. The van der Waals surface area contributed by atoms with Crippen molar-refractivity contribution in [1.29, 1.82) is 0 Å². The summed E-state index contributed by atoms with van der Waals surface area (Å²) in [5, 5.41) is 9.05. The summed E-state index contributed by atoms with van der Waals surface area (Å²) in [6, 6.07) is 19.4. The molecular formula is C19H16N2S2. The SMILES string of the molecule is CSC1=NC(c2cccs2)C=C(c2ccc3ccccc3c2)N1. The molecule has 114 valence electrons. The number of hydrogen-bond acceptors (Lipinski definition) is 4. The maximum absolute atomic E-state index is 4.78. The number of fused-ring (bicyclic) bond motifs is 1. The molecule has 3 aromatic rings. The van der Waals surface area contributed by atoms with Crippen molar-refractivity contribution < 1.29 is 0 Å². The smallest absolute Gasteiger partial charge is 0.161 e. The van der Waals surface area contributed by atoms with Gasteiger partial charge < -0.3 is 5.32 Å². The quantitative estimate of drug-likeness (QED) is 0.686. The van der Waals surface area contributed by atoms with Crippen LogP contribution in [-0.4, -0.2) is 11.4 Å². The Morgan fingerprint density at radius 3 is 2.70 bits per heavy atom. The predicted octanol–water partition coefficient (Wildman–Crippen LogP) is 5.31. The largest absolute Gasteiger partial charge is 0.335 e. The lowest BCUT2D eigenvalue weighted by Crippen LogP contribution is -2.23. The average molecular weight is 336 g/mol. The van der Waals surface area contributed by atoms with Crippen LogP contribution >= 0.6 is 23.1 Å². The lowest BCUT2D eigenvalue weighted by atomic mass is 10.0. The molecule has 0 fully saturated rings. The van der Waals surface area contributed by atoms with E-state index in [1.165, 1.54) is 21.2 Å². The second-order valence-electron chi connectivity index (χ2n) is 5.37. The van der Waals surface area contributed by atoms with Crippen molar-refractivity contribution in [2.24, 2.45) is 4.99 Å². The second-order valence-corrected chi connectivity index (χ2v) is 7.14. The summed E-state index contributed by atoms with van der Waals surface area (Å²) in [4.78, 5) is 6.06. The van der Waals surface area contributed by atoms with E-state index in [1.54, 1.807) is 23.1 Å². The van der Waals surface area contributed by atoms with Crippen molar-refractivity contribution in [2.45, 2.75) is 6.04 Å². The molecular weight excluding hydrogens is 320 g/mol. The molecule has 23 heavy (non-hydrogen) atoms. The van der Waals surface area contributed by atoms with E-state index in [1.807, 2.05) is 0 Å². The average Bonchev–Trinajstić information content (AvgIpc) is 3.15. The molecule has 1 aliphatic rings. The van der Waals surface area contributed by atoms with Crippen LogP contribution in [0.5, 0.6) is 0 Å². The Balaban J connectivity index is 1.76. The number of nitrogens with zero attached hydrogens (tertiary/aromatic N) is 1. The van der Waals surface area contributed by atoms with Gasteiger partial charge in [-0.05, 0) is 46.2 Å². The second kappa shape index (κ2) is 6.22. The van der Waals surface area contributed by atoms with Gasteiger partial charge in [0.25, 0.3) is 0 Å². The van der Waals surface area contributed by atoms with E-state index in [9.17, 15) is 0 Å². The molecule has 2 nitrogen and oxygen atoms in total. The zero-order valence-electron chi connectivity index (χ0n) is 12.7. The van der Waals surface area contributed by atoms with Crippen molar-refractivity contribution in [3.8, 4) is 0 Å². The van der Waals surface area contributed by atoms with Crippen LogP contribution in [-0.2, 0) is 0 Å². The Kier molecular flexibility index (Phi) is 3.93. The zero-order chi connectivity index (χ0) is 15.6. The highest BCUT2D eigenvalue weighted by Gasteiger charge is 2.18. The van der Waals surface area contributed by atoms with E-state index in [-0.39, 0.29) is 6.04 Å². The van der Waals surface area contributed by atoms with Gasteiger partial charge in [0.15, 0.2) is 5.17 Å². The molecule has 1 N–H and O–H groups in total. The third-order valence-electron chi connectivity index (χ3n) is 3.91. The Morgan fingerprint density at radius 2 is 1.91 bits per heavy atom. The van der Waals surface area contributed by atoms with Crippen molar-refractivity contribution in [1.82, 2.24) is 5.32 Å². The van der Waals surface area contributed by atoms with Gasteiger partial charge in [-0.2, -0.15) is 0 Å².